The molecule has 1 unspecified atom stereocenters. The molecule has 0 aliphatic carbocycles. The molecule has 4 heteroatoms. The van der Waals surface area contributed by atoms with Crippen molar-refractivity contribution in [3.05, 3.63) is 34.3 Å². The zero-order valence-corrected chi connectivity index (χ0v) is 12.9. The number of rotatable bonds is 3. The fourth-order valence-electron chi connectivity index (χ4n) is 1.53. The van der Waals surface area contributed by atoms with Crippen LogP contribution in [0.4, 0.5) is 0 Å². The monoisotopic (exact) mass is 312 g/mol. The molecule has 0 saturated carbocycles. The van der Waals surface area contributed by atoms with Gasteiger partial charge in [-0.2, -0.15) is 0 Å². The van der Waals surface area contributed by atoms with Crippen LogP contribution in [0, 0.1) is 5.41 Å². The van der Waals surface area contributed by atoms with E-state index in [0.717, 1.165) is 10.0 Å². The van der Waals surface area contributed by atoms with Crippen molar-refractivity contribution >= 4 is 21.8 Å². The van der Waals surface area contributed by atoms with Gasteiger partial charge in [-0.05, 0) is 30.0 Å². The summed E-state index contributed by atoms with van der Waals surface area (Å²) in [7, 11) is 0. The SMILES string of the molecule is C[C@H](NC(=O)C(N)C(C)(C)C)c1ccc(Br)cc1. The van der Waals surface area contributed by atoms with Crippen molar-refractivity contribution in [1.29, 1.82) is 0 Å². The van der Waals surface area contributed by atoms with Crippen LogP contribution in [0.1, 0.15) is 39.3 Å². The van der Waals surface area contributed by atoms with Crippen molar-refractivity contribution in [1.82, 2.24) is 5.32 Å². The zero-order valence-electron chi connectivity index (χ0n) is 11.3. The molecule has 0 saturated heterocycles. The minimum Gasteiger partial charge on any atom is -0.348 e. The molecular weight excluding hydrogens is 292 g/mol. The van der Waals surface area contributed by atoms with E-state index in [1.54, 1.807) is 0 Å². The predicted molar refractivity (Wildman–Crippen MR) is 78.1 cm³/mol. The van der Waals surface area contributed by atoms with Crippen LogP contribution in [0.25, 0.3) is 0 Å². The van der Waals surface area contributed by atoms with E-state index in [-0.39, 0.29) is 17.4 Å². The molecule has 1 rings (SSSR count). The Bertz CT molecular complexity index is 409. The second kappa shape index (κ2) is 5.85. The van der Waals surface area contributed by atoms with Gasteiger partial charge in [-0.1, -0.05) is 48.8 Å². The minimum absolute atomic E-state index is 0.0426. The third-order valence-corrected chi connectivity index (χ3v) is 3.47. The van der Waals surface area contributed by atoms with Gasteiger partial charge in [0.25, 0.3) is 0 Å². The lowest BCUT2D eigenvalue weighted by Crippen LogP contribution is -2.49. The quantitative estimate of drug-likeness (QED) is 0.901. The van der Waals surface area contributed by atoms with Crippen LogP contribution >= 0.6 is 15.9 Å². The molecule has 0 heterocycles. The molecule has 1 amide bonds. The van der Waals surface area contributed by atoms with Crippen LogP contribution in [0.15, 0.2) is 28.7 Å². The molecule has 3 N–H and O–H groups in total. The van der Waals surface area contributed by atoms with Crippen LogP contribution in [0.2, 0.25) is 0 Å². The molecule has 0 aliphatic rings. The molecular formula is C14H21BrN2O. The van der Waals surface area contributed by atoms with Gasteiger partial charge in [-0.25, -0.2) is 0 Å². The maximum atomic E-state index is 12.0. The second-order valence-corrected chi connectivity index (χ2v) is 6.54. The predicted octanol–water partition coefficient (Wildman–Crippen LogP) is 3.00. The van der Waals surface area contributed by atoms with E-state index in [4.69, 9.17) is 5.73 Å². The minimum atomic E-state index is -0.504. The molecule has 100 valence electrons. The van der Waals surface area contributed by atoms with E-state index in [9.17, 15) is 4.79 Å². The second-order valence-electron chi connectivity index (χ2n) is 5.63. The molecule has 0 radical (unpaired) electrons. The van der Waals surface area contributed by atoms with E-state index in [1.165, 1.54) is 0 Å². The molecule has 1 aromatic carbocycles. The molecule has 0 spiro atoms. The van der Waals surface area contributed by atoms with Crippen LogP contribution in [0.5, 0.6) is 0 Å². The standard InChI is InChI=1S/C14H21BrN2O/c1-9(10-5-7-11(15)8-6-10)17-13(18)12(16)14(2,3)4/h5-9,12H,16H2,1-4H3,(H,17,18)/t9-,12?/m0/s1. The third-order valence-electron chi connectivity index (χ3n) is 2.94. The summed E-state index contributed by atoms with van der Waals surface area (Å²) < 4.78 is 1.02. The van der Waals surface area contributed by atoms with E-state index >= 15 is 0 Å². The van der Waals surface area contributed by atoms with Crippen molar-refractivity contribution in [2.45, 2.75) is 39.8 Å². The largest absolute Gasteiger partial charge is 0.348 e. The van der Waals surface area contributed by atoms with Gasteiger partial charge < -0.3 is 11.1 Å². The van der Waals surface area contributed by atoms with E-state index < -0.39 is 6.04 Å². The molecule has 0 bridgehead atoms. The number of halogens is 1. The Balaban J connectivity index is 2.68. The van der Waals surface area contributed by atoms with E-state index in [2.05, 4.69) is 21.2 Å². The maximum Gasteiger partial charge on any atom is 0.237 e. The molecule has 1 aromatic rings. The summed E-state index contributed by atoms with van der Waals surface area (Å²) in [6, 6.07) is 7.34. The molecule has 0 aliphatic heterocycles. The average Bonchev–Trinajstić information content (AvgIpc) is 2.27. The highest BCUT2D eigenvalue weighted by molar-refractivity contribution is 9.10. The highest BCUT2D eigenvalue weighted by Gasteiger charge is 2.28. The topological polar surface area (TPSA) is 55.1 Å². The van der Waals surface area contributed by atoms with Crippen molar-refractivity contribution in [2.75, 3.05) is 0 Å². The van der Waals surface area contributed by atoms with Gasteiger partial charge in [0.2, 0.25) is 5.91 Å². The number of hydrogen-bond acceptors (Lipinski definition) is 2. The summed E-state index contributed by atoms with van der Waals surface area (Å²) >= 11 is 3.39. The van der Waals surface area contributed by atoms with Gasteiger partial charge in [0.1, 0.15) is 0 Å². The Morgan fingerprint density at radius 2 is 1.78 bits per heavy atom. The van der Waals surface area contributed by atoms with Crippen molar-refractivity contribution in [3.63, 3.8) is 0 Å². The Labute approximate surface area is 117 Å². The van der Waals surface area contributed by atoms with E-state index in [0.29, 0.717) is 0 Å². The number of amides is 1. The van der Waals surface area contributed by atoms with Gasteiger partial charge in [0.05, 0.1) is 12.1 Å². The summed E-state index contributed by atoms with van der Waals surface area (Å²) in [5.74, 6) is -0.113. The molecule has 0 aromatic heterocycles. The summed E-state index contributed by atoms with van der Waals surface area (Å²) in [5.41, 5.74) is 6.76. The summed E-state index contributed by atoms with van der Waals surface area (Å²) in [5, 5.41) is 2.94. The first kappa shape index (κ1) is 15.2. The molecule has 18 heavy (non-hydrogen) atoms. The first-order chi connectivity index (χ1) is 8.21. The number of hydrogen-bond donors (Lipinski definition) is 2. The lowest BCUT2D eigenvalue weighted by atomic mass is 9.86. The van der Waals surface area contributed by atoms with Crippen molar-refractivity contribution < 1.29 is 4.79 Å². The third kappa shape index (κ3) is 4.10. The van der Waals surface area contributed by atoms with Gasteiger partial charge in [-0.3, -0.25) is 4.79 Å². The molecule has 0 fully saturated rings. The fourth-order valence-corrected chi connectivity index (χ4v) is 1.80. The van der Waals surface area contributed by atoms with Gasteiger partial charge in [0, 0.05) is 4.47 Å². The van der Waals surface area contributed by atoms with Crippen LogP contribution in [-0.4, -0.2) is 11.9 Å². The summed E-state index contributed by atoms with van der Waals surface area (Å²) in [6.07, 6.45) is 0. The number of benzene rings is 1. The van der Waals surface area contributed by atoms with Crippen molar-refractivity contribution in [2.24, 2.45) is 11.1 Å². The van der Waals surface area contributed by atoms with Crippen LogP contribution < -0.4 is 11.1 Å². The zero-order chi connectivity index (χ0) is 13.9. The van der Waals surface area contributed by atoms with Gasteiger partial charge >= 0.3 is 0 Å². The Kier molecular flexibility index (Phi) is 4.93. The normalized spacial score (nSPS) is 15.0. The maximum absolute atomic E-state index is 12.0. The number of nitrogens with one attached hydrogen (secondary N) is 1. The lowest BCUT2D eigenvalue weighted by molar-refractivity contribution is -0.125. The molecule has 2 atom stereocenters. The summed E-state index contributed by atoms with van der Waals surface area (Å²) in [6.45, 7) is 7.83. The highest BCUT2D eigenvalue weighted by atomic mass is 79.9. The fraction of sp³-hybridized carbons (Fsp3) is 0.500. The van der Waals surface area contributed by atoms with Crippen LogP contribution in [-0.2, 0) is 4.79 Å². The number of carbonyl (C=O) groups is 1. The lowest BCUT2D eigenvalue weighted by Gasteiger charge is -2.27. The van der Waals surface area contributed by atoms with Gasteiger partial charge in [-0.15, -0.1) is 0 Å². The van der Waals surface area contributed by atoms with Gasteiger partial charge in [0.15, 0.2) is 0 Å². The first-order valence-corrected chi connectivity index (χ1v) is 6.82. The number of carbonyl (C=O) groups excluding carboxylic acids is 1. The highest BCUT2D eigenvalue weighted by Crippen LogP contribution is 2.20. The van der Waals surface area contributed by atoms with Crippen LogP contribution in [0.3, 0.4) is 0 Å². The average molecular weight is 313 g/mol. The Morgan fingerprint density at radius 3 is 2.22 bits per heavy atom. The Hall–Kier alpha value is -0.870. The smallest absolute Gasteiger partial charge is 0.237 e. The van der Waals surface area contributed by atoms with E-state index in [1.807, 2.05) is 52.0 Å². The van der Waals surface area contributed by atoms with Crippen molar-refractivity contribution in [3.8, 4) is 0 Å². The Morgan fingerprint density at radius 1 is 1.28 bits per heavy atom. The molecule has 3 nitrogen and oxygen atoms in total. The summed E-state index contributed by atoms with van der Waals surface area (Å²) in [4.78, 5) is 12.0. The first-order valence-electron chi connectivity index (χ1n) is 6.03. The number of nitrogens with two attached hydrogens (primary N) is 1.